The summed E-state index contributed by atoms with van der Waals surface area (Å²) in [5.74, 6) is -0.802. The van der Waals surface area contributed by atoms with Crippen molar-refractivity contribution in [1.82, 2.24) is 10.2 Å². The van der Waals surface area contributed by atoms with Gasteiger partial charge in [0.25, 0.3) is 10.0 Å². The van der Waals surface area contributed by atoms with Crippen molar-refractivity contribution >= 4 is 43.5 Å². The quantitative estimate of drug-likeness (QED) is 0.388. The van der Waals surface area contributed by atoms with Crippen LogP contribution >= 0.6 is 15.9 Å². The molecule has 7 nitrogen and oxygen atoms in total. The van der Waals surface area contributed by atoms with Crippen LogP contribution in [0.3, 0.4) is 0 Å². The highest BCUT2D eigenvalue weighted by atomic mass is 79.9. The highest BCUT2D eigenvalue weighted by Gasteiger charge is 2.32. The first-order valence-corrected chi connectivity index (χ1v) is 13.8. The minimum absolute atomic E-state index is 0.0784. The molecular formula is C27H30BrN3O4S. The fourth-order valence-corrected chi connectivity index (χ4v) is 5.64. The molecule has 0 saturated heterocycles. The molecule has 0 saturated carbocycles. The Kier molecular flexibility index (Phi) is 9.28. The molecule has 0 aliphatic carbocycles. The lowest BCUT2D eigenvalue weighted by Crippen LogP contribution is -2.51. The molecule has 0 aromatic heterocycles. The summed E-state index contributed by atoms with van der Waals surface area (Å²) < 4.78 is 29.3. The van der Waals surface area contributed by atoms with Crippen LogP contribution in [0.25, 0.3) is 0 Å². The van der Waals surface area contributed by atoms with Gasteiger partial charge < -0.3 is 10.2 Å². The molecule has 3 aromatic rings. The maximum absolute atomic E-state index is 13.8. The van der Waals surface area contributed by atoms with Gasteiger partial charge in [-0.1, -0.05) is 58.4 Å². The zero-order valence-electron chi connectivity index (χ0n) is 20.5. The van der Waals surface area contributed by atoms with Crippen LogP contribution in [0.2, 0.25) is 0 Å². The molecule has 0 radical (unpaired) electrons. The lowest BCUT2D eigenvalue weighted by Gasteiger charge is -2.32. The molecule has 3 rings (SSSR count). The highest BCUT2D eigenvalue weighted by molar-refractivity contribution is 9.10. The van der Waals surface area contributed by atoms with Crippen LogP contribution in [0.1, 0.15) is 25.0 Å². The topological polar surface area (TPSA) is 86.8 Å². The Hall–Kier alpha value is -3.17. The van der Waals surface area contributed by atoms with E-state index in [2.05, 4.69) is 21.2 Å². The van der Waals surface area contributed by atoms with Gasteiger partial charge in [-0.2, -0.15) is 0 Å². The molecule has 36 heavy (non-hydrogen) atoms. The van der Waals surface area contributed by atoms with E-state index in [1.165, 1.54) is 17.0 Å². The van der Waals surface area contributed by atoms with Gasteiger partial charge in [-0.3, -0.25) is 13.9 Å². The van der Waals surface area contributed by atoms with E-state index >= 15 is 0 Å². The molecule has 2 amide bonds. The summed E-state index contributed by atoms with van der Waals surface area (Å²) in [4.78, 5) is 28.0. The van der Waals surface area contributed by atoms with Crippen molar-refractivity contribution in [2.45, 2.75) is 38.3 Å². The van der Waals surface area contributed by atoms with Crippen LogP contribution in [-0.2, 0) is 26.2 Å². The van der Waals surface area contributed by atoms with Crippen molar-refractivity contribution < 1.29 is 18.0 Å². The van der Waals surface area contributed by atoms with Crippen molar-refractivity contribution in [3.8, 4) is 0 Å². The molecule has 0 aliphatic heterocycles. The van der Waals surface area contributed by atoms with Crippen molar-refractivity contribution in [2.75, 3.05) is 17.4 Å². The molecule has 0 unspecified atom stereocenters. The maximum atomic E-state index is 13.8. The molecule has 1 atom stereocenters. The maximum Gasteiger partial charge on any atom is 0.264 e. The predicted molar refractivity (Wildman–Crippen MR) is 145 cm³/mol. The molecule has 3 aromatic carbocycles. The molecule has 190 valence electrons. The first-order chi connectivity index (χ1) is 17.1. The van der Waals surface area contributed by atoms with E-state index in [4.69, 9.17) is 0 Å². The number of carbonyl (C=O) groups excluding carboxylic acids is 2. The van der Waals surface area contributed by atoms with Crippen LogP contribution in [0, 0.1) is 6.92 Å². The van der Waals surface area contributed by atoms with Gasteiger partial charge in [-0.25, -0.2) is 8.42 Å². The number of aryl methyl sites for hydroxylation is 1. The number of nitrogens with zero attached hydrogens (tertiary/aromatic N) is 2. The Morgan fingerprint density at radius 2 is 1.67 bits per heavy atom. The number of nitrogens with one attached hydrogen (secondary N) is 1. The summed E-state index contributed by atoms with van der Waals surface area (Å²) in [5, 5.41) is 2.75. The summed E-state index contributed by atoms with van der Waals surface area (Å²) in [7, 11) is -4.06. The third-order valence-corrected chi connectivity index (χ3v) is 7.94. The number of rotatable bonds is 10. The van der Waals surface area contributed by atoms with Gasteiger partial charge >= 0.3 is 0 Å². The first kappa shape index (κ1) is 27.4. The number of carbonyl (C=O) groups is 2. The number of anilines is 1. The second kappa shape index (κ2) is 12.2. The summed E-state index contributed by atoms with van der Waals surface area (Å²) in [6.07, 6.45) is 0. The van der Waals surface area contributed by atoms with Crippen LogP contribution in [0.4, 0.5) is 5.69 Å². The number of benzene rings is 3. The van der Waals surface area contributed by atoms with Crippen LogP contribution in [-0.4, -0.2) is 44.3 Å². The monoisotopic (exact) mass is 571 g/mol. The van der Waals surface area contributed by atoms with Gasteiger partial charge in [0.1, 0.15) is 12.6 Å². The van der Waals surface area contributed by atoms with Crippen LogP contribution < -0.4 is 9.62 Å². The first-order valence-electron chi connectivity index (χ1n) is 11.6. The van der Waals surface area contributed by atoms with Gasteiger partial charge in [-0.05, 0) is 68.3 Å². The smallest absolute Gasteiger partial charge is 0.264 e. The Bertz CT molecular complexity index is 1320. The van der Waals surface area contributed by atoms with E-state index in [0.717, 1.165) is 19.9 Å². The standard InChI is InChI=1S/C27H30BrN3O4S/c1-4-29-27(33)21(3)30(18-22-11-9-12-23(28)17-22)26(32)19-31(24-13-8-10-20(2)16-24)36(34,35)25-14-6-5-7-15-25/h5-17,21H,4,18-19H2,1-3H3,(H,29,33)/t21-/m0/s1. The molecule has 0 heterocycles. The van der Waals surface area contributed by atoms with E-state index in [1.54, 1.807) is 50.2 Å². The molecular weight excluding hydrogens is 542 g/mol. The summed E-state index contributed by atoms with van der Waals surface area (Å²) in [5.41, 5.74) is 2.04. The van der Waals surface area contributed by atoms with E-state index in [9.17, 15) is 18.0 Å². The Labute approximate surface area is 221 Å². The number of halogens is 1. The summed E-state index contributed by atoms with van der Waals surface area (Å²) in [6, 6.07) is 21.6. The Balaban J connectivity index is 2.02. The lowest BCUT2D eigenvalue weighted by molar-refractivity contribution is -0.139. The lowest BCUT2D eigenvalue weighted by atomic mass is 10.1. The number of hydrogen-bond donors (Lipinski definition) is 1. The second-order valence-electron chi connectivity index (χ2n) is 8.39. The Morgan fingerprint density at radius 3 is 2.31 bits per heavy atom. The summed E-state index contributed by atoms with van der Waals surface area (Å²) >= 11 is 3.44. The zero-order valence-corrected chi connectivity index (χ0v) is 22.9. The van der Waals surface area contributed by atoms with Crippen LogP contribution in [0.15, 0.2) is 88.2 Å². The van der Waals surface area contributed by atoms with E-state index < -0.39 is 28.5 Å². The average Bonchev–Trinajstić information content (AvgIpc) is 2.86. The number of sulfonamides is 1. The molecule has 0 aliphatic rings. The second-order valence-corrected chi connectivity index (χ2v) is 11.2. The van der Waals surface area contributed by atoms with Gasteiger partial charge in [-0.15, -0.1) is 0 Å². The third kappa shape index (κ3) is 6.73. The third-order valence-electron chi connectivity index (χ3n) is 5.66. The average molecular weight is 573 g/mol. The molecule has 0 bridgehead atoms. The van der Waals surface area contributed by atoms with E-state index in [0.29, 0.717) is 12.2 Å². The van der Waals surface area contributed by atoms with Gasteiger partial charge in [0.15, 0.2) is 0 Å². The van der Waals surface area contributed by atoms with E-state index in [1.807, 2.05) is 37.3 Å². The molecule has 1 N–H and O–H groups in total. The predicted octanol–water partition coefficient (Wildman–Crippen LogP) is 4.51. The van der Waals surface area contributed by atoms with Gasteiger partial charge in [0, 0.05) is 17.6 Å². The van der Waals surface area contributed by atoms with Crippen LogP contribution in [0.5, 0.6) is 0 Å². The van der Waals surface area contributed by atoms with Crippen molar-refractivity contribution in [1.29, 1.82) is 0 Å². The van der Waals surface area contributed by atoms with Gasteiger partial charge in [0.05, 0.1) is 10.6 Å². The fraction of sp³-hybridized carbons (Fsp3) is 0.259. The minimum Gasteiger partial charge on any atom is -0.355 e. The normalized spacial score (nSPS) is 12.0. The van der Waals surface area contributed by atoms with Crippen molar-refractivity contribution in [3.63, 3.8) is 0 Å². The van der Waals surface area contributed by atoms with Gasteiger partial charge in [0.2, 0.25) is 11.8 Å². The molecule has 9 heteroatoms. The zero-order chi connectivity index (χ0) is 26.3. The number of hydrogen-bond acceptors (Lipinski definition) is 4. The molecule has 0 fully saturated rings. The molecule has 0 spiro atoms. The SMILES string of the molecule is CCNC(=O)[C@H](C)N(Cc1cccc(Br)c1)C(=O)CN(c1cccc(C)c1)S(=O)(=O)c1ccccc1. The van der Waals surface area contributed by atoms with E-state index in [-0.39, 0.29) is 17.3 Å². The Morgan fingerprint density at radius 1 is 0.972 bits per heavy atom. The largest absolute Gasteiger partial charge is 0.355 e. The van der Waals surface area contributed by atoms with Crippen molar-refractivity contribution in [2.24, 2.45) is 0 Å². The number of likely N-dealkylation sites (N-methyl/N-ethyl adjacent to an activating group) is 1. The van der Waals surface area contributed by atoms with Crippen molar-refractivity contribution in [3.05, 3.63) is 94.5 Å². The summed E-state index contributed by atoms with van der Waals surface area (Å²) in [6.45, 7) is 5.40. The minimum atomic E-state index is -4.06. The fourth-order valence-electron chi connectivity index (χ4n) is 3.77. The highest BCUT2D eigenvalue weighted by Crippen LogP contribution is 2.25. The number of amides is 2.